The molecule has 188 valence electrons. The third-order valence-electron chi connectivity index (χ3n) is 8.30. The summed E-state index contributed by atoms with van der Waals surface area (Å²) in [6.45, 7) is 2.30. The van der Waals surface area contributed by atoms with Crippen molar-refractivity contribution in [3.8, 4) is 33.4 Å². The normalized spacial score (nSPS) is 19.3. The number of pyridine rings is 1. The Balaban J connectivity index is 1.46. The number of hydrogen-bond acceptors (Lipinski definition) is 1. The van der Waals surface area contributed by atoms with Crippen molar-refractivity contribution in [3.63, 3.8) is 0 Å². The number of halogens is 1. The summed E-state index contributed by atoms with van der Waals surface area (Å²) in [5.74, 6) is 0.473. The first-order chi connectivity index (χ1) is 19.1. The molecule has 2 unspecified atom stereocenters. The second kappa shape index (κ2) is 9.52. The molecule has 0 saturated heterocycles. The largest absolute Gasteiger partial charge is 0.265 e. The van der Waals surface area contributed by atoms with Crippen LogP contribution in [0.3, 0.4) is 0 Å². The first kappa shape index (κ1) is 23.9. The topological polar surface area (TPSA) is 12.9 Å². The summed E-state index contributed by atoms with van der Waals surface area (Å²) >= 11 is 6.70. The van der Waals surface area contributed by atoms with Crippen LogP contribution in [0.15, 0.2) is 139 Å². The summed E-state index contributed by atoms with van der Waals surface area (Å²) in [6.07, 6.45) is 11.6. The summed E-state index contributed by atoms with van der Waals surface area (Å²) < 4.78 is 0. The van der Waals surface area contributed by atoms with E-state index in [0.717, 1.165) is 11.4 Å². The molecule has 0 saturated carbocycles. The van der Waals surface area contributed by atoms with Gasteiger partial charge in [-0.05, 0) is 92.7 Å². The van der Waals surface area contributed by atoms with Crippen LogP contribution in [0, 0.1) is 5.92 Å². The molecule has 1 aromatic heterocycles. The third kappa shape index (κ3) is 3.88. The number of rotatable bonds is 4. The van der Waals surface area contributed by atoms with E-state index < -0.39 is 5.41 Å². The van der Waals surface area contributed by atoms with Crippen LogP contribution in [0.4, 0.5) is 0 Å². The summed E-state index contributed by atoms with van der Waals surface area (Å²) in [7, 11) is 0. The molecule has 7 rings (SSSR count). The Kier molecular flexibility index (Phi) is 5.83. The Morgan fingerprint density at radius 3 is 2.03 bits per heavy atom. The van der Waals surface area contributed by atoms with Gasteiger partial charge in [0.05, 0.1) is 5.41 Å². The Labute approximate surface area is 235 Å². The lowest BCUT2D eigenvalue weighted by Gasteiger charge is -2.38. The van der Waals surface area contributed by atoms with Gasteiger partial charge in [0.1, 0.15) is 0 Å². The molecule has 0 N–H and O–H groups in total. The smallest absolute Gasteiger partial charge is 0.0677 e. The zero-order valence-corrected chi connectivity index (χ0v) is 22.6. The van der Waals surface area contributed by atoms with Gasteiger partial charge < -0.3 is 0 Å². The lowest BCUT2D eigenvalue weighted by Crippen LogP contribution is -2.31. The highest BCUT2D eigenvalue weighted by Crippen LogP contribution is 2.58. The molecular formula is C37H28ClN. The molecule has 0 radical (unpaired) electrons. The maximum atomic E-state index is 6.70. The van der Waals surface area contributed by atoms with Crippen molar-refractivity contribution in [2.24, 2.45) is 5.92 Å². The lowest BCUT2D eigenvalue weighted by molar-refractivity contribution is 0.615. The summed E-state index contributed by atoms with van der Waals surface area (Å²) in [5, 5.41) is 0.772. The Morgan fingerprint density at radius 2 is 1.31 bits per heavy atom. The van der Waals surface area contributed by atoms with Crippen molar-refractivity contribution in [2.45, 2.75) is 18.8 Å². The molecule has 4 aromatic carbocycles. The van der Waals surface area contributed by atoms with Crippen molar-refractivity contribution in [2.75, 3.05) is 0 Å². The molecule has 0 bridgehead atoms. The number of fused-ring (bicyclic) bond motifs is 3. The number of hydrogen-bond donors (Lipinski definition) is 0. The van der Waals surface area contributed by atoms with Gasteiger partial charge in [0.15, 0.2) is 0 Å². The van der Waals surface area contributed by atoms with Crippen molar-refractivity contribution in [1.29, 1.82) is 0 Å². The van der Waals surface area contributed by atoms with E-state index in [0.29, 0.717) is 5.92 Å². The van der Waals surface area contributed by atoms with E-state index in [-0.39, 0.29) is 0 Å². The Morgan fingerprint density at radius 1 is 0.692 bits per heavy atom. The summed E-state index contributed by atoms with van der Waals surface area (Å²) in [4.78, 5) is 4.16. The summed E-state index contributed by atoms with van der Waals surface area (Å²) in [6, 6.07) is 37.3. The fourth-order valence-electron chi connectivity index (χ4n) is 6.53. The maximum absolute atomic E-state index is 6.70. The van der Waals surface area contributed by atoms with Crippen LogP contribution in [-0.2, 0) is 5.41 Å². The van der Waals surface area contributed by atoms with E-state index in [1.54, 1.807) is 0 Å². The van der Waals surface area contributed by atoms with Gasteiger partial charge in [-0.15, -0.1) is 0 Å². The van der Waals surface area contributed by atoms with Crippen LogP contribution in [-0.4, -0.2) is 4.98 Å². The number of nitrogens with zero attached hydrogens (tertiary/aromatic N) is 1. The molecule has 2 atom stereocenters. The monoisotopic (exact) mass is 521 g/mol. The zero-order valence-electron chi connectivity index (χ0n) is 21.8. The van der Waals surface area contributed by atoms with E-state index in [9.17, 15) is 0 Å². The lowest BCUT2D eigenvalue weighted by atomic mass is 9.64. The van der Waals surface area contributed by atoms with Crippen molar-refractivity contribution in [3.05, 3.63) is 161 Å². The molecule has 0 amide bonds. The van der Waals surface area contributed by atoms with E-state index in [1.165, 1.54) is 55.6 Å². The molecule has 2 aliphatic carbocycles. The molecule has 2 heteroatoms. The van der Waals surface area contributed by atoms with Gasteiger partial charge in [-0.3, -0.25) is 4.98 Å². The highest BCUT2D eigenvalue weighted by Gasteiger charge is 2.47. The van der Waals surface area contributed by atoms with E-state index in [2.05, 4.69) is 115 Å². The fraction of sp³-hybridized carbons (Fsp3) is 0.108. The highest BCUT2D eigenvalue weighted by atomic mass is 35.5. The molecule has 1 heterocycles. The molecular weight excluding hydrogens is 494 g/mol. The van der Waals surface area contributed by atoms with Crippen molar-refractivity contribution in [1.82, 2.24) is 4.98 Å². The molecule has 5 aromatic rings. The maximum Gasteiger partial charge on any atom is 0.0677 e. The standard InChI is InChI=1S/C37H28ClN/c1-25-6-5-9-31(22-25)37(30-7-3-2-4-8-30)35-23-29(14-16-33(35)34-17-15-32(38)24-36(34)37)27-12-10-26(11-13-27)28-18-20-39-21-19-28/h2-21,23-25H,22H2,1H3. The first-order valence-electron chi connectivity index (χ1n) is 13.5. The minimum absolute atomic E-state index is 0.400. The number of aromatic nitrogens is 1. The van der Waals surface area contributed by atoms with Gasteiger partial charge in [-0.2, -0.15) is 0 Å². The van der Waals surface area contributed by atoms with Crippen LogP contribution in [0.2, 0.25) is 5.02 Å². The average Bonchev–Trinajstić information content (AvgIpc) is 3.27. The predicted octanol–water partition coefficient (Wildman–Crippen LogP) is 9.91. The van der Waals surface area contributed by atoms with E-state index in [1.807, 2.05) is 30.6 Å². The quantitative estimate of drug-likeness (QED) is 0.229. The first-order valence-corrected chi connectivity index (χ1v) is 13.9. The summed E-state index contributed by atoms with van der Waals surface area (Å²) in [5.41, 5.74) is 12.2. The predicted molar refractivity (Wildman–Crippen MR) is 163 cm³/mol. The second-order valence-corrected chi connectivity index (χ2v) is 11.1. The van der Waals surface area contributed by atoms with Gasteiger partial charge in [-0.1, -0.05) is 115 Å². The Hall–Kier alpha value is -4.20. The van der Waals surface area contributed by atoms with E-state index >= 15 is 0 Å². The van der Waals surface area contributed by atoms with Gasteiger partial charge >= 0.3 is 0 Å². The minimum atomic E-state index is -0.400. The van der Waals surface area contributed by atoms with Crippen LogP contribution < -0.4 is 0 Å². The molecule has 0 spiro atoms. The van der Waals surface area contributed by atoms with Crippen LogP contribution in [0.25, 0.3) is 33.4 Å². The molecule has 0 aliphatic heterocycles. The fourth-order valence-corrected chi connectivity index (χ4v) is 6.70. The molecule has 39 heavy (non-hydrogen) atoms. The van der Waals surface area contributed by atoms with Gasteiger partial charge in [-0.25, -0.2) is 0 Å². The third-order valence-corrected chi connectivity index (χ3v) is 8.53. The molecule has 1 nitrogen and oxygen atoms in total. The Bertz CT molecular complexity index is 1730. The van der Waals surface area contributed by atoms with Gasteiger partial charge in [0, 0.05) is 17.4 Å². The van der Waals surface area contributed by atoms with Gasteiger partial charge in [0.25, 0.3) is 0 Å². The molecule has 0 fully saturated rings. The minimum Gasteiger partial charge on any atom is -0.265 e. The number of benzene rings is 4. The van der Waals surface area contributed by atoms with Crippen molar-refractivity contribution < 1.29 is 0 Å². The zero-order chi connectivity index (χ0) is 26.4. The average molecular weight is 522 g/mol. The van der Waals surface area contributed by atoms with Gasteiger partial charge in [0.2, 0.25) is 0 Å². The van der Waals surface area contributed by atoms with Crippen LogP contribution in [0.1, 0.15) is 30.0 Å². The second-order valence-electron chi connectivity index (χ2n) is 10.6. The highest BCUT2D eigenvalue weighted by molar-refractivity contribution is 6.30. The van der Waals surface area contributed by atoms with Crippen LogP contribution in [0.5, 0.6) is 0 Å². The SMILES string of the molecule is CC1C=CC=C(C2(c3ccccc3)c3cc(Cl)ccc3-c3ccc(-c4ccc(-c5ccncc5)cc4)cc32)C1. The van der Waals surface area contributed by atoms with Crippen molar-refractivity contribution >= 4 is 11.6 Å². The van der Waals surface area contributed by atoms with E-state index in [4.69, 9.17) is 11.6 Å². The van der Waals surface area contributed by atoms with Crippen LogP contribution >= 0.6 is 11.6 Å². The number of allylic oxidation sites excluding steroid dienone is 4. The molecule has 2 aliphatic rings.